The summed E-state index contributed by atoms with van der Waals surface area (Å²) < 4.78 is 12.9. The Balaban J connectivity index is 2.02. The second-order valence-corrected chi connectivity index (χ2v) is 3.52. The van der Waals surface area contributed by atoms with E-state index in [1.807, 2.05) is 6.07 Å². The van der Waals surface area contributed by atoms with Crippen LogP contribution in [0.3, 0.4) is 0 Å². The number of nitrogens with zero attached hydrogens (tertiary/aromatic N) is 2. The molecule has 0 radical (unpaired) electrons. The molecule has 88 valence electrons. The third-order valence-electron chi connectivity index (χ3n) is 2.29. The standard InChI is InChI=1S/C12H13FN4/c1-14-11-6-12(17-8-16-11)15-7-9-3-2-4-10(13)5-9/h2-6,8H,7H2,1H3,(H2,14,15,16,17). The van der Waals surface area contributed by atoms with E-state index in [9.17, 15) is 4.39 Å². The van der Waals surface area contributed by atoms with E-state index < -0.39 is 0 Å². The zero-order chi connectivity index (χ0) is 12.1. The summed E-state index contributed by atoms with van der Waals surface area (Å²) in [6, 6.07) is 8.25. The average Bonchev–Trinajstić information content (AvgIpc) is 2.37. The first kappa shape index (κ1) is 11.3. The molecule has 0 saturated carbocycles. The SMILES string of the molecule is CNc1cc(NCc2cccc(F)c2)ncn1. The zero-order valence-electron chi connectivity index (χ0n) is 9.44. The highest BCUT2D eigenvalue weighted by atomic mass is 19.1. The van der Waals surface area contributed by atoms with Crippen LogP contribution < -0.4 is 10.6 Å². The maximum Gasteiger partial charge on any atom is 0.131 e. The van der Waals surface area contributed by atoms with Crippen LogP contribution in [0.1, 0.15) is 5.56 Å². The average molecular weight is 232 g/mol. The quantitative estimate of drug-likeness (QED) is 0.849. The normalized spacial score (nSPS) is 10.0. The van der Waals surface area contributed by atoms with Gasteiger partial charge < -0.3 is 10.6 Å². The van der Waals surface area contributed by atoms with Crippen molar-refractivity contribution in [3.8, 4) is 0 Å². The molecule has 0 aliphatic heterocycles. The predicted molar refractivity (Wildman–Crippen MR) is 65.3 cm³/mol. The van der Waals surface area contributed by atoms with Gasteiger partial charge >= 0.3 is 0 Å². The fraction of sp³-hybridized carbons (Fsp3) is 0.167. The second kappa shape index (κ2) is 5.25. The highest BCUT2D eigenvalue weighted by molar-refractivity contribution is 5.46. The number of benzene rings is 1. The topological polar surface area (TPSA) is 49.8 Å². The summed E-state index contributed by atoms with van der Waals surface area (Å²) in [7, 11) is 1.79. The van der Waals surface area contributed by atoms with Crippen molar-refractivity contribution in [1.82, 2.24) is 9.97 Å². The van der Waals surface area contributed by atoms with Crippen molar-refractivity contribution in [2.45, 2.75) is 6.54 Å². The van der Waals surface area contributed by atoms with Crippen molar-refractivity contribution in [3.63, 3.8) is 0 Å². The number of halogens is 1. The lowest BCUT2D eigenvalue weighted by Gasteiger charge is -2.06. The molecule has 1 aromatic carbocycles. The first-order valence-electron chi connectivity index (χ1n) is 5.26. The van der Waals surface area contributed by atoms with E-state index >= 15 is 0 Å². The minimum absolute atomic E-state index is 0.233. The molecule has 0 aliphatic rings. The van der Waals surface area contributed by atoms with E-state index in [2.05, 4.69) is 20.6 Å². The fourth-order valence-corrected chi connectivity index (χ4v) is 1.43. The number of nitrogens with one attached hydrogen (secondary N) is 2. The van der Waals surface area contributed by atoms with E-state index in [-0.39, 0.29) is 5.82 Å². The lowest BCUT2D eigenvalue weighted by Crippen LogP contribution is -2.03. The van der Waals surface area contributed by atoms with Crippen LogP contribution in [0, 0.1) is 5.82 Å². The van der Waals surface area contributed by atoms with Crippen LogP contribution in [0.15, 0.2) is 36.7 Å². The van der Waals surface area contributed by atoms with Crippen molar-refractivity contribution in [3.05, 3.63) is 48.0 Å². The van der Waals surface area contributed by atoms with Crippen molar-refractivity contribution >= 4 is 11.6 Å². The molecule has 0 amide bonds. The molecule has 2 N–H and O–H groups in total. The largest absolute Gasteiger partial charge is 0.373 e. The van der Waals surface area contributed by atoms with Gasteiger partial charge in [-0.15, -0.1) is 0 Å². The molecule has 0 bridgehead atoms. The van der Waals surface area contributed by atoms with Crippen molar-refractivity contribution in [2.75, 3.05) is 17.7 Å². The molecule has 2 aromatic rings. The van der Waals surface area contributed by atoms with Crippen LogP contribution in [0.2, 0.25) is 0 Å². The molecule has 0 aliphatic carbocycles. The van der Waals surface area contributed by atoms with E-state index in [1.165, 1.54) is 18.5 Å². The molecule has 0 saturated heterocycles. The monoisotopic (exact) mass is 232 g/mol. The molecule has 1 heterocycles. The highest BCUT2D eigenvalue weighted by Crippen LogP contribution is 2.10. The molecule has 17 heavy (non-hydrogen) atoms. The zero-order valence-corrected chi connectivity index (χ0v) is 9.44. The minimum Gasteiger partial charge on any atom is -0.373 e. The van der Waals surface area contributed by atoms with Crippen LogP contribution in [0.4, 0.5) is 16.0 Å². The summed E-state index contributed by atoms with van der Waals surface area (Å²) in [6.45, 7) is 0.526. The third kappa shape index (κ3) is 3.14. The van der Waals surface area contributed by atoms with E-state index in [1.54, 1.807) is 19.2 Å². The molecular formula is C12H13FN4. The van der Waals surface area contributed by atoms with Crippen molar-refractivity contribution < 1.29 is 4.39 Å². The Bertz CT molecular complexity index is 501. The van der Waals surface area contributed by atoms with Gasteiger partial charge in [-0.1, -0.05) is 12.1 Å². The summed E-state index contributed by atoms with van der Waals surface area (Å²) in [6.07, 6.45) is 1.47. The Morgan fingerprint density at radius 2 is 2.00 bits per heavy atom. The van der Waals surface area contributed by atoms with E-state index in [0.717, 1.165) is 11.4 Å². The molecule has 0 unspecified atom stereocenters. The van der Waals surface area contributed by atoms with Gasteiger partial charge in [0.25, 0.3) is 0 Å². The molecule has 0 fully saturated rings. The van der Waals surface area contributed by atoms with Gasteiger partial charge in [0, 0.05) is 19.7 Å². The number of aromatic nitrogens is 2. The van der Waals surface area contributed by atoms with Gasteiger partial charge in [0.15, 0.2) is 0 Å². The van der Waals surface area contributed by atoms with Crippen LogP contribution in [-0.4, -0.2) is 17.0 Å². The van der Waals surface area contributed by atoms with Gasteiger partial charge in [0.1, 0.15) is 23.8 Å². The molecule has 4 nitrogen and oxygen atoms in total. The molecule has 2 rings (SSSR count). The van der Waals surface area contributed by atoms with Gasteiger partial charge in [0.2, 0.25) is 0 Å². The molecule has 0 atom stereocenters. The van der Waals surface area contributed by atoms with Crippen LogP contribution >= 0.6 is 0 Å². The highest BCUT2D eigenvalue weighted by Gasteiger charge is 1.98. The Morgan fingerprint density at radius 1 is 1.18 bits per heavy atom. The molecule has 1 aromatic heterocycles. The molecule has 0 spiro atoms. The van der Waals surface area contributed by atoms with Gasteiger partial charge in [0.05, 0.1) is 0 Å². The van der Waals surface area contributed by atoms with Gasteiger partial charge in [-0.3, -0.25) is 0 Å². The van der Waals surface area contributed by atoms with Crippen molar-refractivity contribution in [1.29, 1.82) is 0 Å². The Hall–Kier alpha value is -2.17. The Kier molecular flexibility index (Phi) is 3.49. The Labute approximate surface area is 98.9 Å². The summed E-state index contributed by atoms with van der Waals surface area (Å²) >= 11 is 0. The second-order valence-electron chi connectivity index (χ2n) is 3.52. The van der Waals surface area contributed by atoms with Crippen LogP contribution in [-0.2, 0) is 6.54 Å². The van der Waals surface area contributed by atoms with Gasteiger partial charge in [-0.05, 0) is 17.7 Å². The maximum absolute atomic E-state index is 12.9. The lowest BCUT2D eigenvalue weighted by atomic mass is 10.2. The first-order valence-corrected chi connectivity index (χ1v) is 5.26. The number of anilines is 2. The number of hydrogen-bond donors (Lipinski definition) is 2. The molecular weight excluding hydrogens is 219 g/mol. The third-order valence-corrected chi connectivity index (χ3v) is 2.29. The summed E-state index contributed by atoms with van der Waals surface area (Å²) in [5.41, 5.74) is 0.870. The number of hydrogen-bond acceptors (Lipinski definition) is 4. The summed E-state index contributed by atoms with van der Waals surface area (Å²) in [4.78, 5) is 8.07. The first-order chi connectivity index (χ1) is 8.28. The van der Waals surface area contributed by atoms with Crippen LogP contribution in [0.25, 0.3) is 0 Å². The predicted octanol–water partition coefficient (Wildman–Crippen LogP) is 2.27. The maximum atomic E-state index is 12.9. The Morgan fingerprint density at radius 3 is 2.76 bits per heavy atom. The smallest absolute Gasteiger partial charge is 0.131 e. The number of rotatable bonds is 4. The van der Waals surface area contributed by atoms with Gasteiger partial charge in [-0.2, -0.15) is 0 Å². The summed E-state index contributed by atoms with van der Waals surface area (Å²) in [5, 5.41) is 6.03. The van der Waals surface area contributed by atoms with E-state index in [4.69, 9.17) is 0 Å². The van der Waals surface area contributed by atoms with Gasteiger partial charge in [-0.25, -0.2) is 14.4 Å². The minimum atomic E-state index is -0.233. The summed E-state index contributed by atoms with van der Waals surface area (Å²) in [5.74, 6) is 1.21. The van der Waals surface area contributed by atoms with Crippen LogP contribution in [0.5, 0.6) is 0 Å². The molecule has 5 heteroatoms. The fourth-order valence-electron chi connectivity index (χ4n) is 1.43. The van der Waals surface area contributed by atoms with Crippen molar-refractivity contribution in [2.24, 2.45) is 0 Å². The lowest BCUT2D eigenvalue weighted by molar-refractivity contribution is 0.626. The van der Waals surface area contributed by atoms with E-state index in [0.29, 0.717) is 12.4 Å².